The number of benzene rings is 6. The molecule has 5 heterocycles. The fourth-order valence-corrected chi connectivity index (χ4v) is 10.3. The van der Waals surface area contributed by atoms with Crippen molar-refractivity contribution in [3.8, 4) is 28.3 Å². The fourth-order valence-electron chi connectivity index (χ4n) is 9.05. The van der Waals surface area contributed by atoms with Gasteiger partial charge in [0.2, 0.25) is 0 Å². The minimum Gasteiger partial charge on any atom is -0.455 e. The average Bonchev–Trinajstić information content (AvgIpc) is 3.84. The molecule has 11 rings (SSSR count). The van der Waals surface area contributed by atoms with Crippen LogP contribution in [0.2, 0.25) is 0 Å². The summed E-state index contributed by atoms with van der Waals surface area (Å²) in [5, 5.41) is 5.93. The highest BCUT2D eigenvalue weighted by atomic mass is 32.1. The second kappa shape index (κ2) is 10.3. The van der Waals surface area contributed by atoms with Crippen molar-refractivity contribution in [3.05, 3.63) is 114 Å². The van der Waals surface area contributed by atoms with E-state index in [2.05, 4.69) is 141 Å². The molecule has 1 aliphatic rings. The maximum absolute atomic E-state index is 6.61. The molecule has 4 nitrogen and oxygen atoms in total. The first-order valence-corrected chi connectivity index (χ1v) is 18.8. The third kappa shape index (κ3) is 3.76. The Balaban J connectivity index is 1.21. The molecular formula is C43H31B4N3OS. The zero-order chi connectivity index (χ0) is 35.2. The Bertz CT molecular complexity index is 3230. The van der Waals surface area contributed by atoms with Crippen molar-refractivity contribution in [1.82, 2.24) is 14.5 Å². The molecule has 0 saturated carbocycles. The molecule has 0 atom stereocenters. The number of hydrogen-bond donors (Lipinski definition) is 0. The molecule has 0 unspecified atom stereocenters. The highest BCUT2D eigenvalue weighted by Crippen LogP contribution is 2.51. The van der Waals surface area contributed by atoms with Crippen molar-refractivity contribution >= 4 is 129 Å². The zero-order valence-corrected chi connectivity index (χ0v) is 30.8. The number of thiophene rings is 1. The predicted molar refractivity (Wildman–Crippen MR) is 232 cm³/mol. The monoisotopic (exact) mass is 681 g/mol. The number of furan rings is 1. The SMILES string of the molecule is Bc1c(B)c(B)c2c(-c3cccc4c3oc3ccccc34)nc(-c3ccc4c(c3)C(C)(C)c3cccc5c6sc7ccccc7c6n-4c35)nc2c1B. The smallest absolute Gasteiger partial charge is 0.160 e. The Hall–Kier alpha value is -5.52. The van der Waals surface area contributed by atoms with Crippen LogP contribution in [0, 0.1) is 0 Å². The standard InChI is InChI=1S/C43H31B4N3OS/c1-43(2)26-14-8-13-25-38(26)50(39-23-10-4-6-16-30(23)52-41(25)39)28-18-17-20(19-27(28)43)42-48-36(31-32(44)33(45)34(46)35(47)37(31)49-42)24-12-7-11-22-21-9-3-5-15-29(21)51-40(22)24/h3-19H,44-47H2,1-2H3. The lowest BCUT2D eigenvalue weighted by Gasteiger charge is -2.35. The van der Waals surface area contributed by atoms with Gasteiger partial charge in [0, 0.05) is 48.2 Å². The lowest BCUT2D eigenvalue weighted by molar-refractivity contribution is 0.630. The number of rotatable bonds is 2. The highest BCUT2D eigenvalue weighted by molar-refractivity contribution is 7.26. The van der Waals surface area contributed by atoms with Crippen LogP contribution in [0.25, 0.3) is 92.4 Å². The van der Waals surface area contributed by atoms with Crippen molar-refractivity contribution in [3.63, 3.8) is 0 Å². The van der Waals surface area contributed by atoms with Gasteiger partial charge in [0.1, 0.15) is 42.6 Å². The average molecular weight is 681 g/mol. The first-order chi connectivity index (χ1) is 25.2. The molecule has 0 amide bonds. The molecule has 10 aromatic rings. The van der Waals surface area contributed by atoms with Crippen LogP contribution in [0.15, 0.2) is 108 Å². The van der Waals surface area contributed by atoms with E-state index in [1.807, 2.05) is 23.5 Å². The minimum absolute atomic E-state index is 0.239. The first kappa shape index (κ1) is 30.1. The van der Waals surface area contributed by atoms with Crippen molar-refractivity contribution in [2.24, 2.45) is 0 Å². The van der Waals surface area contributed by atoms with E-state index in [0.717, 1.165) is 55.5 Å². The van der Waals surface area contributed by atoms with Crippen molar-refractivity contribution in [1.29, 1.82) is 0 Å². The second-order valence-corrected chi connectivity index (χ2v) is 16.1. The summed E-state index contributed by atoms with van der Waals surface area (Å²) in [5.74, 6) is 0.725. The maximum Gasteiger partial charge on any atom is 0.160 e. The third-order valence-electron chi connectivity index (χ3n) is 12.1. The van der Waals surface area contributed by atoms with Crippen LogP contribution in [0.4, 0.5) is 0 Å². The van der Waals surface area contributed by atoms with Gasteiger partial charge in [0.15, 0.2) is 5.82 Å². The Morgan fingerprint density at radius 3 is 2.25 bits per heavy atom. The molecule has 1 aliphatic heterocycles. The van der Waals surface area contributed by atoms with E-state index < -0.39 is 0 Å². The number of hydrogen-bond acceptors (Lipinski definition) is 4. The van der Waals surface area contributed by atoms with Crippen LogP contribution < -0.4 is 21.9 Å². The van der Waals surface area contributed by atoms with Gasteiger partial charge in [0.05, 0.1) is 32.6 Å². The molecule has 9 heteroatoms. The Morgan fingerprint density at radius 1 is 0.654 bits per heavy atom. The summed E-state index contributed by atoms with van der Waals surface area (Å²) >= 11 is 1.90. The van der Waals surface area contributed by atoms with Crippen LogP contribution in [-0.2, 0) is 5.41 Å². The van der Waals surface area contributed by atoms with Gasteiger partial charge in [-0.05, 0) is 47.5 Å². The lowest BCUT2D eigenvalue weighted by atomic mass is 9.65. The van der Waals surface area contributed by atoms with Gasteiger partial charge < -0.3 is 8.98 Å². The molecule has 0 N–H and O–H groups in total. The molecule has 0 spiro atoms. The summed E-state index contributed by atoms with van der Waals surface area (Å²) in [6.07, 6.45) is 0. The van der Waals surface area contributed by atoms with E-state index in [9.17, 15) is 0 Å². The Kier molecular flexibility index (Phi) is 5.97. The minimum atomic E-state index is -0.239. The summed E-state index contributed by atoms with van der Waals surface area (Å²) in [4.78, 5) is 10.9. The van der Waals surface area contributed by atoms with Gasteiger partial charge >= 0.3 is 0 Å². The van der Waals surface area contributed by atoms with Gasteiger partial charge in [-0.25, -0.2) is 9.97 Å². The Labute approximate surface area is 308 Å². The predicted octanol–water partition coefficient (Wildman–Crippen LogP) is 4.85. The van der Waals surface area contributed by atoms with Crippen molar-refractivity contribution in [2.45, 2.75) is 19.3 Å². The van der Waals surface area contributed by atoms with E-state index in [1.54, 1.807) is 0 Å². The molecule has 242 valence electrons. The van der Waals surface area contributed by atoms with Crippen LogP contribution in [-0.4, -0.2) is 45.9 Å². The van der Waals surface area contributed by atoms with Crippen LogP contribution >= 0.6 is 11.3 Å². The molecule has 0 saturated heterocycles. The van der Waals surface area contributed by atoms with Crippen LogP contribution in [0.1, 0.15) is 25.0 Å². The largest absolute Gasteiger partial charge is 0.455 e. The topological polar surface area (TPSA) is 43.9 Å². The first-order valence-electron chi connectivity index (χ1n) is 18.0. The molecule has 0 aliphatic carbocycles. The van der Waals surface area contributed by atoms with E-state index in [4.69, 9.17) is 14.4 Å². The summed E-state index contributed by atoms with van der Waals surface area (Å²) < 4.78 is 11.8. The summed E-state index contributed by atoms with van der Waals surface area (Å²) in [7, 11) is 8.84. The molecule has 6 aromatic carbocycles. The van der Waals surface area contributed by atoms with E-state index >= 15 is 0 Å². The van der Waals surface area contributed by atoms with Gasteiger partial charge in [-0.3, -0.25) is 0 Å². The van der Waals surface area contributed by atoms with Crippen molar-refractivity contribution < 1.29 is 4.42 Å². The molecular weight excluding hydrogens is 650 g/mol. The molecule has 4 aromatic heterocycles. The number of nitrogens with zero attached hydrogens (tertiary/aromatic N) is 3. The summed E-state index contributed by atoms with van der Waals surface area (Å²) in [5.41, 5.74) is 16.8. The van der Waals surface area contributed by atoms with Crippen LogP contribution in [0.3, 0.4) is 0 Å². The van der Waals surface area contributed by atoms with Gasteiger partial charge in [-0.15, -0.1) is 16.8 Å². The summed E-state index contributed by atoms with van der Waals surface area (Å²) in [6, 6.07) is 37.3. The number of fused-ring (bicyclic) bond motifs is 11. The molecule has 0 radical (unpaired) electrons. The Morgan fingerprint density at radius 2 is 1.38 bits per heavy atom. The normalized spacial score (nSPS) is 13.7. The van der Waals surface area contributed by atoms with Gasteiger partial charge in [-0.2, -0.15) is 0 Å². The molecule has 0 fully saturated rings. The van der Waals surface area contributed by atoms with E-state index in [0.29, 0.717) is 0 Å². The second-order valence-electron chi connectivity index (χ2n) is 15.1. The van der Waals surface area contributed by atoms with E-state index in [-0.39, 0.29) is 5.41 Å². The number of aromatic nitrogens is 3. The number of para-hydroxylation sites is 3. The van der Waals surface area contributed by atoms with Crippen molar-refractivity contribution in [2.75, 3.05) is 0 Å². The highest BCUT2D eigenvalue weighted by Gasteiger charge is 2.36. The zero-order valence-electron chi connectivity index (χ0n) is 30.0. The molecule has 52 heavy (non-hydrogen) atoms. The van der Waals surface area contributed by atoms with Crippen LogP contribution in [0.5, 0.6) is 0 Å². The summed E-state index contributed by atoms with van der Waals surface area (Å²) in [6.45, 7) is 4.73. The lowest BCUT2D eigenvalue weighted by Crippen LogP contribution is -2.48. The molecule has 0 bridgehead atoms. The van der Waals surface area contributed by atoms with Gasteiger partial charge in [-0.1, -0.05) is 97.0 Å². The quantitative estimate of drug-likeness (QED) is 0.246. The fraction of sp³-hybridized carbons (Fsp3) is 0.0698. The third-order valence-corrected chi connectivity index (χ3v) is 13.3. The van der Waals surface area contributed by atoms with Gasteiger partial charge in [0.25, 0.3) is 0 Å². The van der Waals surface area contributed by atoms with E-state index in [1.165, 1.54) is 69.9 Å². The maximum atomic E-state index is 6.61.